The number of carbonyl (C=O) groups is 3. The van der Waals surface area contributed by atoms with Crippen molar-refractivity contribution in [2.45, 2.75) is 33.2 Å². The van der Waals surface area contributed by atoms with E-state index in [0.717, 1.165) is 0 Å². The topological polar surface area (TPSA) is 81.2 Å². The largest absolute Gasteiger partial charge is 0.481 e. The van der Waals surface area contributed by atoms with Gasteiger partial charge in [0.2, 0.25) is 5.91 Å². The zero-order valence-corrected chi connectivity index (χ0v) is 12.9. The maximum absolute atomic E-state index is 12.4. The zero-order chi connectivity index (χ0) is 15.9. The molecule has 0 aromatic carbocycles. The lowest BCUT2D eigenvalue weighted by Crippen LogP contribution is -2.50. The van der Waals surface area contributed by atoms with Crippen molar-refractivity contribution < 1.29 is 19.5 Å². The lowest BCUT2D eigenvalue weighted by atomic mass is 10.3. The number of rotatable bonds is 7. The minimum absolute atomic E-state index is 0.00136. The summed E-state index contributed by atoms with van der Waals surface area (Å²) in [4.78, 5) is 39.0. The minimum atomic E-state index is -0.948. The predicted molar refractivity (Wildman–Crippen MR) is 75.4 cm³/mol. The molecular formula is C13H25N3O4. The summed E-state index contributed by atoms with van der Waals surface area (Å²) >= 11 is 0. The standard InChI is InChI=1S/C13H25N3O4/c1-6-15(9-11(17)14(4)5)13(20)16(10(2)3)8-7-12(18)19/h10H,6-9H2,1-5H3,(H,18,19). The van der Waals surface area contributed by atoms with Crippen LogP contribution in [0, 0.1) is 0 Å². The molecule has 0 radical (unpaired) electrons. The van der Waals surface area contributed by atoms with Gasteiger partial charge in [-0.25, -0.2) is 4.79 Å². The Labute approximate surface area is 120 Å². The minimum Gasteiger partial charge on any atom is -0.481 e. The molecule has 0 rings (SSSR count). The molecule has 0 fully saturated rings. The molecule has 20 heavy (non-hydrogen) atoms. The maximum Gasteiger partial charge on any atom is 0.320 e. The Morgan fingerprint density at radius 1 is 1.15 bits per heavy atom. The first-order valence-corrected chi connectivity index (χ1v) is 6.68. The number of carbonyl (C=O) groups excluding carboxylic acids is 2. The van der Waals surface area contributed by atoms with Crippen molar-refractivity contribution in [1.29, 1.82) is 0 Å². The summed E-state index contributed by atoms with van der Waals surface area (Å²) in [5, 5.41) is 8.73. The van der Waals surface area contributed by atoms with Crippen LogP contribution in [-0.4, -0.2) is 77.5 Å². The lowest BCUT2D eigenvalue weighted by Gasteiger charge is -2.32. The fourth-order valence-corrected chi connectivity index (χ4v) is 1.59. The van der Waals surface area contributed by atoms with E-state index in [1.54, 1.807) is 21.0 Å². The van der Waals surface area contributed by atoms with Crippen LogP contribution in [0.15, 0.2) is 0 Å². The monoisotopic (exact) mass is 287 g/mol. The van der Waals surface area contributed by atoms with E-state index in [2.05, 4.69) is 0 Å². The van der Waals surface area contributed by atoms with Gasteiger partial charge in [0.05, 0.1) is 6.42 Å². The first-order chi connectivity index (χ1) is 9.20. The lowest BCUT2D eigenvalue weighted by molar-refractivity contribution is -0.137. The third kappa shape index (κ3) is 5.90. The van der Waals surface area contributed by atoms with Gasteiger partial charge in [-0.2, -0.15) is 0 Å². The van der Waals surface area contributed by atoms with Gasteiger partial charge in [0.15, 0.2) is 0 Å². The van der Waals surface area contributed by atoms with Crippen LogP contribution >= 0.6 is 0 Å². The summed E-state index contributed by atoms with van der Waals surface area (Å²) in [7, 11) is 3.26. The normalized spacial score (nSPS) is 10.3. The Balaban J connectivity index is 4.82. The van der Waals surface area contributed by atoms with Gasteiger partial charge in [0.25, 0.3) is 0 Å². The Morgan fingerprint density at radius 2 is 1.70 bits per heavy atom. The third-order valence-electron chi connectivity index (χ3n) is 2.91. The second kappa shape index (κ2) is 8.39. The molecule has 0 bridgehead atoms. The highest BCUT2D eigenvalue weighted by molar-refractivity contribution is 5.84. The fraction of sp³-hybridized carbons (Fsp3) is 0.769. The summed E-state index contributed by atoms with van der Waals surface area (Å²) in [6, 6.07) is -0.427. The van der Waals surface area contributed by atoms with E-state index in [9.17, 15) is 14.4 Å². The molecule has 0 aliphatic heterocycles. The first kappa shape index (κ1) is 18.2. The summed E-state index contributed by atoms with van der Waals surface area (Å²) in [6.07, 6.45) is -0.108. The number of aliphatic carboxylic acids is 1. The van der Waals surface area contributed by atoms with Gasteiger partial charge >= 0.3 is 12.0 Å². The second-order valence-electron chi connectivity index (χ2n) is 5.02. The van der Waals surface area contributed by atoms with Gasteiger partial charge in [0, 0.05) is 33.2 Å². The molecule has 0 saturated carbocycles. The second-order valence-corrected chi connectivity index (χ2v) is 5.02. The SMILES string of the molecule is CCN(CC(=O)N(C)C)C(=O)N(CCC(=O)O)C(C)C. The van der Waals surface area contributed by atoms with Crippen LogP contribution in [0.2, 0.25) is 0 Å². The number of carboxylic acids is 1. The third-order valence-corrected chi connectivity index (χ3v) is 2.91. The molecule has 0 spiro atoms. The van der Waals surface area contributed by atoms with Crippen LogP contribution in [0.5, 0.6) is 0 Å². The van der Waals surface area contributed by atoms with Crippen molar-refractivity contribution in [2.75, 3.05) is 33.7 Å². The number of amides is 3. The van der Waals surface area contributed by atoms with Gasteiger partial charge in [-0.05, 0) is 20.8 Å². The van der Waals surface area contributed by atoms with E-state index in [0.29, 0.717) is 6.54 Å². The molecule has 0 aromatic rings. The smallest absolute Gasteiger partial charge is 0.320 e. The predicted octanol–water partition coefficient (Wildman–Crippen LogP) is 0.702. The van der Waals surface area contributed by atoms with E-state index in [1.165, 1.54) is 14.7 Å². The van der Waals surface area contributed by atoms with Gasteiger partial charge in [-0.3, -0.25) is 9.59 Å². The number of hydrogen-bond donors (Lipinski definition) is 1. The number of urea groups is 1. The van der Waals surface area contributed by atoms with Crippen LogP contribution in [-0.2, 0) is 9.59 Å². The molecule has 0 heterocycles. The molecular weight excluding hydrogens is 262 g/mol. The molecule has 0 aliphatic rings. The van der Waals surface area contributed by atoms with Crippen LogP contribution in [0.3, 0.4) is 0 Å². The van der Waals surface area contributed by atoms with Crippen molar-refractivity contribution >= 4 is 17.9 Å². The molecule has 0 saturated heterocycles. The highest BCUT2D eigenvalue weighted by Gasteiger charge is 2.24. The number of hydrogen-bond acceptors (Lipinski definition) is 3. The van der Waals surface area contributed by atoms with Crippen LogP contribution < -0.4 is 0 Å². The summed E-state index contributed by atoms with van der Waals surface area (Å²) in [5.74, 6) is -1.11. The number of nitrogens with zero attached hydrogens (tertiary/aromatic N) is 3. The van der Waals surface area contributed by atoms with E-state index in [1.807, 2.05) is 13.8 Å². The molecule has 0 aliphatic carbocycles. The fourth-order valence-electron chi connectivity index (χ4n) is 1.59. The van der Waals surface area contributed by atoms with Crippen LogP contribution in [0.25, 0.3) is 0 Å². The van der Waals surface area contributed by atoms with Gasteiger partial charge in [-0.15, -0.1) is 0 Å². The maximum atomic E-state index is 12.4. The quantitative estimate of drug-likeness (QED) is 0.747. The van der Waals surface area contributed by atoms with Crippen molar-refractivity contribution in [2.24, 2.45) is 0 Å². The van der Waals surface area contributed by atoms with Crippen molar-refractivity contribution in [3.05, 3.63) is 0 Å². The van der Waals surface area contributed by atoms with Gasteiger partial charge in [0.1, 0.15) is 6.54 Å². The molecule has 0 atom stereocenters. The molecule has 1 N–H and O–H groups in total. The highest BCUT2D eigenvalue weighted by atomic mass is 16.4. The van der Waals surface area contributed by atoms with E-state index >= 15 is 0 Å². The summed E-state index contributed by atoms with van der Waals surface area (Å²) in [5.41, 5.74) is 0. The van der Waals surface area contributed by atoms with Crippen LogP contribution in [0.1, 0.15) is 27.2 Å². The van der Waals surface area contributed by atoms with Crippen molar-refractivity contribution in [1.82, 2.24) is 14.7 Å². The highest BCUT2D eigenvalue weighted by Crippen LogP contribution is 2.06. The first-order valence-electron chi connectivity index (χ1n) is 6.68. The zero-order valence-electron chi connectivity index (χ0n) is 12.9. The van der Waals surface area contributed by atoms with E-state index in [4.69, 9.17) is 5.11 Å². The van der Waals surface area contributed by atoms with Gasteiger partial charge in [-0.1, -0.05) is 0 Å². The Bertz CT molecular complexity index is 356. The summed E-state index contributed by atoms with van der Waals surface area (Å²) < 4.78 is 0. The number of likely N-dealkylation sites (N-methyl/N-ethyl adjacent to an activating group) is 2. The molecule has 3 amide bonds. The molecule has 0 unspecified atom stereocenters. The summed E-state index contributed by atoms with van der Waals surface area (Å²) in [6.45, 7) is 5.96. The van der Waals surface area contributed by atoms with E-state index < -0.39 is 5.97 Å². The van der Waals surface area contributed by atoms with Gasteiger partial charge < -0.3 is 19.8 Å². The molecule has 0 aromatic heterocycles. The van der Waals surface area contributed by atoms with Crippen molar-refractivity contribution in [3.8, 4) is 0 Å². The Hall–Kier alpha value is -1.79. The van der Waals surface area contributed by atoms with Crippen molar-refractivity contribution in [3.63, 3.8) is 0 Å². The Kier molecular flexibility index (Phi) is 7.64. The average molecular weight is 287 g/mol. The van der Waals surface area contributed by atoms with E-state index in [-0.39, 0.29) is 37.5 Å². The van der Waals surface area contributed by atoms with Crippen LogP contribution in [0.4, 0.5) is 4.79 Å². The molecule has 7 nitrogen and oxygen atoms in total. The number of carboxylic acid groups (broad SMARTS) is 1. The molecule has 116 valence electrons. The Morgan fingerprint density at radius 3 is 2.05 bits per heavy atom. The average Bonchev–Trinajstić information content (AvgIpc) is 2.34. The molecule has 7 heteroatoms.